The molecule has 7 nitrogen and oxygen atoms in total. The van der Waals surface area contributed by atoms with Crippen LogP contribution < -0.4 is 5.32 Å². The summed E-state index contributed by atoms with van der Waals surface area (Å²) in [5, 5.41) is 3.07. The van der Waals surface area contributed by atoms with Crippen molar-refractivity contribution >= 4 is 6.03 Å². The Bertz CT molecular complexity index is 502. The number of amides is 2. The molecule has 1 fully saturated rings. The molecule has 2 rings (SSSR count). The monoisotopic (exact) mass is 309 g/mol. The third-order valence-corrected chi connectivity index (χ3v) is 4.13. The highest BCUT2D eigenvalue weighted by Crippen LogP contribution is 2.16. The molecule has 0 aromatic carbocycles. The molecule has 0 radical (unpaired) electrons. The molecule has 0 aliphatic carbocycles. The van der Waals surface area contributed by atoms with Crippen molar-refractivity contribution in [3.63, 3.8) is 0 Å². The number of aryl methyl sites for hydroxylation is 1. The summed E-state index contributed by atoms with van der Waals surface area (Å²) in [6.45, 7) is 8.37. The lowest BCUT2D eigenvalue weighted by atomic mass is 10.2. The first-order chi connectivity index (χ1) is 10.4. The Morgan fingerprint density at radius 3 is 2.86 bits per heavy atom. The van der Waals surface area contributed by atoms with Gasteiger partial charge in [0.2, 0.25) is 0 Å². The van der Waals surface area contributed by atoms with Crippen molar-refractivity contribution in [1.82, 2.24) is 25.1 Å². The predicted molar refractivity (Wildman–Crippen MR) is 84.6 cm³/mol. The zero-order valence-corrected chi connectivity index (χ0v) is 14.1. The summed E-state index contributed by atoms with van der Waals surface area (Å²) in [6.07, 6.45) is 1.80. The maximum Gasteiger partial charge on any atom is 0.317 e. The Morgan fingerprint density at radius 1 is 1.59 bits per heavy atom. The lowest BCUT2D eigenvalue weighted by Gasteiger charge is -2.23. The van der Waals surface area contributed by atoms with Gasteiger partial charge in [-0.2, -0.15) is 0 Å². The first kappa shape index (κ1) is 16.8. The summed E-state index contributed by atoms with van der Waals surface area (Å²) >= 11 is 0. The summed E-state index contributed by atoms with van der Waals surface area (Å²) in [7, 11) is 3.47. The first-order valence-electron chi connectivity index (χ1n) is 7.69. The number of carbonyl (C=O) groups excluding carboxylic acids is 1. The minimum Gasteiger partial charge on any atom is -0.378 e. The van der Waals surface area contributed by atoms with Crippen LogP contribution in [0.25, 0.3) is 0 Å². The number of nitrogens with one attached hydrogen (secondary N) is 2. The van der Waals surface area contributed by atoms with E-state index in [9.17, 15) is 4.79 Å². The Morgan fingerprint density at radius 2 is 2.32 bits per heavy atom. The first-order valence-corrected chi connectivity index (χ1v) is 7.69. The van der Waals surface area contributed by atoms with Crippen molar-refractivity contribution in [3.05, 3.63) is 17.7 Å². The molecule has 1 aromatic heterocycles. The highest BCUT2D eigenvalue weighted by atomic mass is 16.5. The smallest absolute Gasteiger partial charge is 0.317 e. The third-order valence-electron chi connectivity index (χ3n) is 4.13. The van der Waals surface area contributed by atoms with Crippen LogP contribution in [-0.2, 0) is 11.3 Å². The van der Waals surface area contributed by atoms with E-state index in [1.807, 2.05) is 6.92 Å². The fourth-order valence-electron chi connectivity index (χ4n) is 2.71. The number of hydrogen-bond donors (Lipinski definition) is 2. The SMILES string of the molecule is COC1CN(C(C)C)CC1NC(=O)N(C)Cc1ncc(C)[nH]1. The number of aromatic amines is 1. The fraction of sp³-hybridized carbons (Fsp3) is 0.733. The minimum absolute atomic E-state index is 0.0145. The maximum atomic E-state index is 12.3. The molecule has 1 aliphatic rings. The number of carbonyl (C=O) groups is 1. The molecule has 1 saturated heterocycles. The molecule has 0 bridgehead atoms. The van der Waals surface area contributed by atoms with Gasteiger partial charge in [-0.15, -0.1) is 0 Å². The van der Waals surface area contributed by atoms with Gasteiger partial charge in [-0.1, -0.05) is 0 Å². The molecular formula is C15H27N5O2. The van der Waals surface area contributed by atoms with E-state index in [2.05, 4.69) is 34.0 Å². The highest BCUT2D eigenvalue weighted by Gasteiger charge is 2.35. The van der Waals surface area contributed by atoms with E-state index in [1.165, 1.54) is 0 Å². The number of methoxy groups -OCH3 is 1. The number of ether oxygens (including phenoxy) is 1. The number of hydrogen-bond acceptors (Lipinski definition) is 4. The molecule has 2 heterocycles. The molecule has 2 N–H and O–H groups in total. The van der Waals surface area contributed by atoms with E-state index >= 15 is 0 Å². The number of rotatable bonds is 5. The molecular weight excluding hydrogens is 282 g/mol. The quantitative estimate of drug-likeness (QED) is 0.850. The second-order valence-corrected chi connectivity index (χ2v) is 6.25. The zero-order valence-electron chi connectivity index (χ0n) is 14.1. The topological polar surface area (TPSA) is 73.5 Å². The number of nitrogens with zero attached hydrogens (tertiary/aromatic N) is 3. The van der Waals surface area contributed by atoms with Crippen molar-refractivity contribution in [2.75, 3.05) is 27.2 Å². The largest absolute Gasteiger partial charge is 0.378 e. The van der Waals surface area contributed by atoms with Crippen LogP contribution in [0.15, 0.2) is 6.20 Å². The molecule has 2 atom stereocenters. The number of imidazole rings is 1. The van der Waals surface area contributed by atoms with Gasteiger partial charge in [0.25, 0.3) is 0 Å². The Balaban J connectivity index is 1.90. The van der Waals surface area contributed by atoms with Gasteiger partial charge >= 0.3 is 6.03 Å². The molecule has 0 spiro atoms. The Hall–Kier alpha value is -1.60. The van der Waals surface area contributed by atoms with E-state index in [0.29, 0.717) is 12.6 Å². The van der Waals surface area contributed by atoms with Crippen molar-refractivity contribution in [2.45, 2.75) is 45.5 Å². The van der Waals surface area contributed by atoms with Crippen LogP contribution in [0.1, 0.15) is 25.4 Å². The Labute approximate surface area is 132 Å². The summed E-state index contributed by atoms with van der Waals surface area (Å²) in [5.41, 5.74) is 0.992. The number of aromatic nitrogens is 2. The van der Waals surface area contributed by atoms with Crippen LogP contribution >= 0.6 is 0 Å². The van der Waals surface area contributed by atoms with Gasteiger partial charge in [-0.05, 0) is 20.8 Å². The molecule has 124 valence electrons. The van der Waals surface area contributed by atoms with Gasteiger partial charge in [0.1, 0.15) is 5.82 Å². The molecule has 1 aliphatic heterocycles. The van der Waals surface area contributed by atoms with Crippen molar-refractivity contribution < 1.29 is 9.53 Å². The summed E-state index contributed by atoms with van der Waals surface area (Å²) in [6, 6.07) is 0.357. The number of urea groups is 1. The standard InChI is InChI=1S/C15H27N5O2/c1-10(2)20-7-12(13(8-20)22-5)18-15(21)19(4)9-14-16-6-11(3)17-14/h6,10,12-13H,7-9H2,1-5H3,(H,16,17)(H,18,21). The van der Waals surface area contributed by atoms with Crippen molar-refractivity contribution in [3.8, 4) is 0 Å². The summed E-state index contributed by atoms with van der Waals surface area (Å²) in [5.74, 6) is 0.786. The van der Waals surface area contributed by atoms with Gasteiger partial charge in [0.15, 0.2) is 0 Å². The number of likely N-dealkylation sites (tertiary alicyclic amines) is 1. The molecule has 0 saturated carbocycles. The van der Waals surface area contributed by atoms with Crippen LogP contribution in [0.2, 0.25) is 0 Å². The highest BCUT2D eigenvalue weighted by molar-refractivity contribution is 5.74. The van der Waals surface area contributed by atoms with E-state index in [0.717, 1.165) is 24.6 Å². The van der Waals surface area contributed by atoms with Crippen LogP contribution in [-0.4, -0.2) is 71.2 Å². The molecule has 2 unspecified atom stereocenters. The van der Waals surface area contributed by atoms with Gasteiger partial charge in [0, 0.05) is 45.2 Å². The fourth-order valence-corrected chi connectivity index (χ4v) is 2.71. The van der Waals surface area contributed by atoms with Crippen molar-refractivity contribution in [2.24, 2.45) is 0 Å². The average molecular weight is 309 g/mol. The van der Waals surface area contributed by atoms with Crippen LogP contribution in [0.3, 0.4) is 0 Å². The van der Waals surface area contributed by atoms with E-state index in [1.54, 1.807) is 25.3 Å². The lowest BCUT2D eigenvalue weighted by molar-refractivity contribution is 0.0873. The third kappa shape index (κ3) is 3.98. The van der Waals surface area contributed by atoms with E-state index < -0.39 is 0 Å². The minimum atomic E-state index is -0.105. The van der Waals surface area contributed by atoms with E-state index in [4.69, 9.17) is 4.74 Å². The second kappa shape index (κ2) is 7.11. The molecule has 7 heteroatoms. The summed E-state index contributed by atoms with van der Waals surface area (Å²) < 4.78 is 5.51. The van der Waals surface area contributed by atoms with E-state index in [-0.39, 0.29) is 18.2 Å². The van der Waals surface area contributed by atoms with Crippen LogP contribution in [0.4, 0.5) is 4.79 Å². The molecule has 1 aromatic rings. The predicted octanol–water partition coefficient (Wildman–Crippen LogP) is 0.967. The van der Waals surface area contributed by atoms with Gasteiger partial charge in [-0.3, -0.25) is 4.90 Å². The number of H-pyrrole nitrogens is 1. The Kier molecular flexibility index (Phi) is 5.42. The zero-order chi connectivity index (χ0) is 16.3. The van der Waals surface area contributed by atoms with Gasteiger partial charge in [-0.25, -0.2) is 9.78 Å². The normalized spacial score (nSPS) is 22.3. The second-order valence-electron chi connectivity index (χ2n) is 6.25. The molecule has 22 heavy (non-hydrogen) atoms. The van der Waals surface area contributed by atoms with Gasteiger partial charge < -0.3 is 19.9 Å². The molecule has 2 amide bonds. The lowest BCUT2D eigenvalue weighted by Crippen LogP contribution is -2.48. The maximum absolute atomic E-state index is 12.3. The van der Waals surface area contributed by atoms with Crippen LogP contribution in [0, 0.1) is 6.92 Å². The van der Waals surface area contributed by atoms with Crippen LogP contribution in [0.5, 0.6) is 0 Å². The average Bonchev–Trinajstić information content (AvgIpc) is 3.05. The van der Waals surface area contributed by atoms with Gasteiger partial charge in [0.05, 0.1) is 18.7 Å². The van der Waals surface area contributed by atoms with Crippen molar-refractivity contribution in [1.29, 1.82) is 0 Å². The summed E-state index contributed by atoms with van der Waals surface area (Å²) in [4.78, 5) is 23.6.